The Morgan fingerprint density at radius 2 is 2.33 bits per heavy atom. The molecule has 15 heavy (non-hydrogen) atoms. The van der Waals surface area contributed by atoms with E-state index in [4.69, 9.17) is 9.84 Å². The van der Waals surface area contributed by atoms with E-state index < -0.39 is 0 Å². The summed E-state index contributed by atoms with van der Waals surface area (Å²) in [4.78, 5) is 13.9. The van der Waals surface area contributed by atoms with Crippen molar-refractivity contribution in [1.82, 2.24) is 4.90 Å². The van der Waals surface area contributed by atoms with E-state index in [2.05, 4.69) is 0 Å². The maximum absolute atomic E-state index is 12.0. The molecule has 0 radical (unpaired) electrons. The van der Waals surface area contributed by atoms with Gasteiger partial charge in [-0.05, 0) is 25.2 Å². The van der Waals surface area contributed by atoms with Crippen LogP contribution in [0.1, 0.15) is 19.3 Å². The molecule has 2 aliphatic heterocycles. The lowest BCUT2D eigenvalue weighted by molar-refractivity contribution is -0.137. The molecule has 0 aromatic heterocycles. The standard InChI is InChI=1S/C11H19NO3/c13-7-9-2-1-4-12(6-9)11(14)10-3-5-15-8-10/h9-10,13H,1-8H2/t9-,10-/m0/s1. The molecule has 0 spiro atoms. The predicted molar refractivity (Wildman–Crippen MR) is 55.3 cm³/mol. The van der Waals surface area contributed by atoms with Crippen LogP contribution >= 0.6 is 0 Å². The van der Waals surface area contributed by atoms with Gasteiger partial charge in [0.1, 0.15) is 0 Å². The molecule has 0 saturated carbocycles. The van der Waals surface area contributed by atoms with Gasteiger partial charge in [-0.15, -0.1) is 0 Å². The van der Waals surface area contributed by atoms with Crippen molar-refractivity contribution in [3.63, 3.8) is 0 Å². The molecule has 2 heterocycles. The highest BCUT2D eigenvalue weighted by Gasteiger charge is 2.30. The van der Waals surface area contributed by atoms with Gasteiger partial charge in [-0.3, -0.25) is 4.79 Å². The van der Waals surface area contributed by atoms with Crippen LogP contribution in [0.25, 0.3) is 0 Å². The summed E-state index contributed by atoms with van der Waals surface area (Å²) in [6.45, 7) is 3.08. The predicted octanol–water partition coefficient (Wildman–Crippen LogP) is 0.254. The summed E-state index contributed by atoms with van der Waals surface area (Å²) in [6.07, 6.45) is 2.92. The Kier molecular flexibility index (Phi) is 3.59. The van der Waals surface area contributed by atoms with Crippen LogP contribution in [0, 0.1) is 11.8 Å². The van der Waals surface area contributed by atoms with Crippen LogP contribution in [0.4, 0.5) is 0 Å². The van der Waals surface area contributed by atoms with Gasteiger partial charge in [0.15, 0.2) is 0 Å². The van der Waals surface area contributed by atoms with Crippen molar-refractivity contribution in [3.05, 3.63) is 0 Å². The second-order valence-corrected chi connectivity index (χ2v) is 4.54. The molecular weight excluding hydrogens is 194 g/mol. The minimum atomic E-state index is 0.0717. The van der Waals surface area contributed by atoms with Crippen molar-refractivity contribution in [2.75, 3.05) is 32.9 Å². The molecule has 2 atom stereocenters. The summed E-state index contributed by atoms with van der Waals surface area (Å²) >= 11 is 0. The van der Waals surface area contributed by atoms with E-state index in [1.165, 1.54) is 0 Å². The summed E-state index contributed by atoms with van der Waals surface area (Å²) in [6, 6.07) is 0. The fraction of sp³-hybridized carbons (Fsp3) is 0.909. The molecule has 2 aliphatic rings. The third-order valence-electron chi connectivity index (χ3n) is 3.37. The number of amides is 1. The van der Waals surface area contributed by atoms with Crippen LogP contribution in [-0.4, -0.2) is 48.8 Å². The van der Waals surface area contributed by atoms with Gasteiger partial charge >= 0.3 is 0 Å². The summed E-state index contributed by atoms with van der Waals surface area (Å²) in [7, 11) is 0. The Morgan fingerprint density at radius 1 is 1.47 bits per heavy atom. The number of carbonyl (C=O) groups excluding carboxylic acids is 1. The van der Waals surface area contributed by atoms with Gasteiger partial charge in [0.2, 0.25) is 5.91 Å². The number of nitrogens with zero attached hydrogens (tertiary/aromatic N) is 1. The second-order valence-electron chi connectivity index (χ2n) is 4.54. The molecule has 86 valence electrons. The van der Waals surface area contributed by atoms with Crippen molar-refractivity contribution in [3.8, 4) is 0 Å². The van der Waals surface area contributed by atoms with Gasteiger partial charge in [-0.1, -0.05) is 0 Å². The topological polar surface area (TPSA) is 49.8 Å². The number of aliphatic hydroxyl groups is 1. The average molecular weight is 213 g/mol. The number of hydrogen-bond acceptors (Lipinski definition) is 3. The number of aliphatic hydroxyl groups excluding tert-OH is 1. The summed E-state index contributed by atoms with van der Waals surface area (Å²) in [5, 5.41) is 9.09. The lowest BCUT2D eigenvalue weighted by atomic mass is 9.97. The summed E-state index contributed by atoms with van der Waals surface area (Å²) in [5.41, 5.74) is 0. The lowest BCUT2D eigenvalue weighted by Crippen LogP contribution is -2.44. The van der Waals surface area contributed by atoms with Gasteiger partial charge in [0, 0.05) is 26.3 Å². The largest absolute Gasteiger partial charge is 0.396 e. The minimum Gasteiger partial charge on any atom is -0.396 e. The minimum absolute atomic E-state index is 0.0717. The number of carbonyl (C=O) groups is 1. The molecule has 1 N–H and O–H groups in total. The molecule has 2 fully saturated rings. The van der Waals surface area contributed by atoms with E-state index >= 15 is 0 Å². The first-order valence-corrected chi connectivity index (χ1v) is 5.78. The zero-order chi connectivity index (χ0) is 10.7. The summed E-state index contributed by atoms with van der Waals surface area (Å²) < 4.78 is 5.23. The SMILES string of the molecule is O=C([C@H]1CCOC1)N1CCC[C@H](CO)C1. The zero-order valence-corrected chi connectivity index (χ0v) is 9.02. The summed E-state index contributed by atoms with van der Waals surface area (Å²) in [5.74, 6) is 0.582. The van der Waals surface area contributed by atoms with E-state index in [0.29, 0.717) is 13.2 Å². The number of piperidine rings is 1. The Labute approximate surface area is 90.2 Å². The van der Waals surface area contributed by atoms with Gasteiger partial charge in [0.05, 0.1) is 12.5 Å². The molecule has 4 heteroatoms. The Balaban J connectivity index is 1.88. The fourth-order valence-electron chi connectivity index (χ4n) is 2.40. The molecule has 2 saturated heterocycles. The van der Waals surface area contributed by atoms with Crippen molar-refractivity contribution in [1.29, 1.82) is 0 Å². The fourth-order valence-corrected chi connectivity index (χ4v) is 2.40. The molecule has 0 aromatic carbocycles. The van der Waals surface area contributed by atoms with Gasteiger partial charge in [-0.25, -0.2) is 0 Å². The second kappa shape index (κ2) is 4.94. The number of likely N-dealkylation sites (tertiary alicyclic amines) is 1. The molecule has 0 unspecified atom stereocenters. The molecule has 2 rings (SSSR count). The van der Waals surface area contributed by atoms with Crippen molar-refractivity contribution in [2.24, 2.45) is 11.8 Å². The quantitative estimate of drug-likeness (QED) is 0.715. The maximum atomic E-state index is 12.0. The van der Waals surface area contributed by atoms with E-state index in [-0.39, 0.29) is 24.3 Å². The van der Waals surface area contributed by atoms with E-state index in [9.17, 15) is 4.79 Å². The zero-order valence-electron chi connectivity index (χ0n) is 9.02. The first kappa shape index (κ1) is 10.9. The molecule has 0 aliphatic carbocycles. The Morgan fingerprint density at radius 3 is 3.00 bits per heavy atom. The molecule has 0 aromatic rings. The highest BCUT2D eigenvalue weighted by Crippen LogP contribution is 2.21. The first-order chi connectivity index (χ1) is 7.31. The van der Waals surface area contributed by atoms with Gasteiger partial charge in [0.25, 0.3) is 0 Å². The van der Waals surface area contributed by atoms with E-state index in [1.54, 1.807) is 0 Å². The van der Waals surface area contributed by atoms with Gasteiger partial charge < -0.3 is 14.7 Å². The van der Waals surface area contributed by atoms with Crippen LogP contribution in [-0.2, 0) is 9.53 Å². The molecular formula is C11H19NO3. The number of ether oxygens (including phenoxy) is 1. The van der Waals surface area contributed by atoms with E-state index in [0.717, 1.165) is 32.4 Å². The van der Waals surface area contributed by atoms with E-state index in [1.807, 2.05) is 4.90 Å². The Hall–Kier alpha value is -0.610. The smallest absolute Gasteiger partial charge is 0.228 e. The van der Waals surface area contributed by atoms with Crippen LogP contribution in [0.2, 0.25) is 0 Å². The van der Waals surface area contributed by atoms with Crippen LogP contribution in [0.3, 0.4) is 0 Å². The number of rotatable bonds is 2. The maximum Gasteiger partial charge on any atom is 0.228 e. The van der Waals surface area contributed by atoms with Crippen LogP contribution in [0.15, 0.2) is 0 Å². The van der Waals surface area contributed by atoms with Crippen molar-refractivity contribution in [2.45, 2.75) is 19.3 Å². The molecule has 0 bridgehead atoms. The van der Waals surface area contributed by atoms with Crippen LogP contribution < -0.4 is 0 Å². The monoisotopic (exact) mass is 213 g/mol. The molecule has 1 amide bonds. The number of hydrogen-bond donors (Lipinski definition) is 1. The van der Waals surface area contributed by atoms with Crippen molar-refractivity contribution < 1.29 is 14.6 Å². The third-order valence-corrected chi connectivity index (χ3v) is 3.37. The normalized spacial score (nSPS) is 31.9. The highest BCUT2D eigenvalue weighted by molar-refractivity contribution is 5.79. The third kappa shape index (κ3) is 2.49. The van der Waals surface area contributed by atoms with Gasteiger partial charge in [-0.2, -0.15) is 0 Å². The Bertz CT molecular complexity index is 226. The lowest BCUT2D eigenvalue weighted by Gasteiger charge is -2.33. The molecule has 4 nitrogen and oxygen atoms in total. The van der Waals surface area contributed by atoms with Crippen LogP contribution in [0.5, 0.6) is 0 Å². The van der Waals surface area contributed by atoms with Crippen molar-refractivity contribution >= 4 is 5.91 Å². The average Bonchev–Trinajstić information content (AvgIpc) is 2.81. The highest BCUT2D eigenvalue weighted by atomic mass is 16.5. The first-order valence-electron chi connectivity index (χ1n) is 5.78.